The summed E-state index contributed by atoms with van der Waals surface area (Å²) in [4.78, 5) is 15.7. The van der Waals surface area contributed by atoms with Crippen molar-refractivity contribution in [3.05, 3.63) is 23.7 Å². The number of nitrogens with zero attached hydrogens (tertiary/aromatic N) is 2. The molecule has 1 unspecified atom stereocenters. The summed E-state index contributed by atoms with van der Waals surface area (Å²) in [7, 11) is 1.67. The van der Waals surface area contributed by atoms with Crippen LogP contribution in [0, 0.1) is 0 Å². The lowest BCUT2D eigenvalue weighted by Crippen LogP contribution is -2.53. The first kappa shape index (κ1) is 14.1. The van der Waals surface area contributed by atoms with E-state index in [1.54, 1.807) is 20.2 Å². The van der Waals surface area contributed by atoms with Gasteiger partial charge in [-0.1, -0.05) is 0 Å². The Morgan fingerprint density at radius 3 is 3.10 bits per heavy atom. The van der Waals surface area contributed by atoms with Crippen LogP contribution in [0.2, 0.25) is 0 Å². The van der Waals surface area contributed by atoms with E-state index in [0.29, 0.717) is 6.54 Å². The average Bonchev–Trinajstić information content (AvgIpc) is 2.80. The molecule has 0 aliphatic carbocycles. The lowest BCUT2D eigenvalue weighted by molar-refractivity contribution is -0.118. The van der Waals surface area contributed by atoms with Crippen molar-refractivity contribution in [2.24, 2.45) is 0 Å². The molecule has 1 aromatic rings. The Morgan fingerprint density at radius 1 is 1.48 bits per heavy atom. The predicted molar refractivity (Wildman–Crippen MR) is 82.8 cm³/mol. The van der Waals surface area contributed by atoms with E-state index in [2.05, 4.69) is 22.4 Å². The fourth-order valence-electron chi connectivity index (χ4n) is 3.48. The number of hydrogen-bond donors (Lipinski definition) is 1. The fourth-order valence-corrected chi connectivity index (χ4v) is 3.48. The molecule has 3 heterocycles. The van der Waals surface area contributed by atoms with Gasteiger partial charge in [-0.05, 0) is 12.8 Å². The molecular weight excluding hydrogens is 266 g/mol. The molecule has 2 aliphatic rings. The molecule has 1 fully saturated rings. The quantitative estimate of drug-likeness (QED) is 0.863. The molecular formula is C16H22N3O2+. The number of amides is 1. The van der Waals surface area contributed by atoms with Crippen molar-refractivity contribution in [3.63, 3.8) is 0 Å². The zero-order valence-electron chi connectivity index (χ0n) is 12.7. The van der Waals surface area contributed by atoms with E-state index >= 15 is 0 Å². The maximum Gasteiger partial charge on any atom is 0.217 e. The molecule has 0 spiro atoms. The van der Waals surface area contributed by atoms with Crippen LogP contribution in [-0.2, 0) is 4.79 Å². The number of rotatable bonds is 4. The molecule has 2 aliphatic heterocycles. The summed E-state index contributed by atoms with van der Waals surface area (Å²) in [6.07, 6.45) is 7.55. The number of ether oxygens (including phenoxy) is 1. The minimum atomic E-state index is 0.0268. The maximum absolute atomic E-state index is 11.2. The Kier molecular flexibility index (Phi) is 3.68. The zero-order valence-corrected chi connectivity index (χ0v) is 12.7. The van der Waals surface area contributed by atoms with Gasteiger partial charge in [-0.3, -0.25) is 9.28 Å². The Morgan fingerprint density at radius 2 is 2.33 bits per heavy atom. The molecule has 0 bridgehead atoms. The van der Waals surface area contributed by atoms with Crippen LogP contribution >= 0.6 is 0 Å². The molecule has 1 atom stereocenters. The van der Waals surface area contributed by atoms with Crippen molar-refractivity contribution in [1.29, 1.82) is 0 Å². The van der Waals surface area contributed by atoms with Gasteiger partial charge in [0, 0.05) is 25.5 Å². The zero-order chi connectivity index (χ0) is 14.9. The number of carbonyl (C=O) groups is 1. The number of pyridine rings is 1. The van der Waals surface area contributed by atoms with Crippen LogP contribution in [0.3, 0.4) is 0 Å². The highest BCUT2D eigenvalue weighted by Gasteiger charge is 2.44. The molecule has 21 heavy (non-hydrogen) atoms. The van der Waals surface area contributed by atoms with Crippen LogP contribution in [0.5, 0.6) is 5.75 Å². The normalized spacial score (nSPS) is 23.0. The van der Waals surface area contributed by atoms with Gasteiger partial charge in [-0.15, -0.1) is 0 Å². The van der Waals surface area contributed by atoms with Crippen LogP contribution in [0.25, 0.3) is 6.08 Å². The number of hydrogen-bond acceptors (Lipinski definition) is 3. The van der Waals surface area contributed by atoms with Gasteiger partial charge in [0.05, 0.1) is 26.4 Å². The monoisotopic (exact) mass is 288 g/mol. The lowest BCUT2D eigenvalue weighted by Gasteiger charge is -2.39. The number of quaternary nitrogens is 1. The van der Waals surface area contributed by atoms with Crippen molar-refractivity contribution in [2.75, 3.05) is 26.7 Å². The average molecular weight is 288 g/mol. The Bertz CT molecular complexity index is 597. The maximum atomic E-state index is 11.2. The van der Waals surface area contributed by atoms with Gasteiger partial charge in [0.25, 0.3) is 0 Å². The van der Waals surface area contributed by atoms with E-state index in [1.165, 1.54) is 24.2 Å². The fraction of sp³-hybridized carbons (Fsp3) is 0.500. The number of methoxy groups -OCH3 is 1. The van der Waals surface area contributed by atoms with Crippen molar-refractivity contribution >= 4 is 17.7 Å². The van der Waals surface area contributed by atoms with Crippen molar-refractivity contribution in [1.82, 2.24) is 14.8 Å². The first-order chi connectivity index (χ1) is 10.2. The summed E-state index contributed by atoms with van der Waals surface area (Å²) in [6, 6.07) is 2.10. The van der Waals surface area contributed by atoms with Gasteiger partial charge >= 0.3 is 0 Å². The largest absolute Gasteiger partial charge is 0.495 e. The smallest absolute Gasteiger partial charge is 0.217 e. The van der Waals surface area contributed by atoms with Crippen molar-refractivity contribution < 1.29 is 9.53 Å². The summed E-state index contributed by atoms with van der Waals surface area (Å²) in [6.45, 7) is 4.21. The van der Waals surface area contributed by atoms with Crippen molar-refractivity contribution in [2.45, 2.75) is 26.2 Å². The Balaban J connectivity index is 1.94. The van der Waals surface area contributed by atoms with Gasteiger partial charge in [0.2, 0.25) is 5.91 Å². The molecule has 5 heteroatoms. The van der Waals surface area contributed by atoms with Gasteiger partial charge < -0.3 is 10.1 Å². The summed E-state index contributed by atoms with van der Waals surface area (Å²) in [5.41, 5.74) is 3.69. The second kappa shape index (κ2) is 5.48. The van der Waals surface area contributed by atoms with Crippen molar-refractivity contribution in [3.8, 4) is 5.75 Å². The van der Waals surface area contributed by atoms with Gasteiger partial charge in [-0.2, -0.15) is 0 Å². The Hall–Kier alpha value is -1.88. The number of carbonyl (C=O) groups excluding carboxylic acids is 1. The first-order valence-electron chi connectivity index (χ1n) is 7.53. The number of aromatic nitrogens is 1. The molecule has 1 amide bonds. The van der Waals surface area contributed by atoms with Gasteiger partial charge in [0.1, 0.15) is 23.7 Å². The van der Waals surface area contributed by atoms with Crippen LogP contribution in [0.4, 0.5) is 5.69 Å². The van der Waals surface area contributed by atoms with Gasteiger partial charge in [-0.25, -0.2) is 4.98 Å². The van der Waals surface area contributed by atoms with E-state index < -0.39 is 0 Å². The van der Waals surface area contributed by atoms with Crippen LogP contribution in [-0.4, -0.2) is 37.6 Å². The number of nitrogens with one attached hydrogen (secondary N) is 1. The summed E-state index contributed by atoms with van der Waals surface area (Å²) < 4.78 is 6.17. The van der Waals surface area contributed by atoms with Crippen LogP contribution in [0.15, 0.2) is 18.0 Å². The second-order valence-corrected chi connectivity index (χ2v) is 5.77. The van der Waals surface area contributed by atoms with Crippen LogP contribution in [0.1, 0.15) is 31.9 Å². The molecule has 1 aromatic heterocycles. The molecule has 112 valence electrons. The highest BCUT2D eigenvalue weighted by molar-refractivity contribution is 5.76. The molecule has 0 aromatic carbocycles. The standard InChI is InChI=1S/C16H21N3O2/c1-12(20)17-6-8-19-7-4-3-5-13(19)9-15-16(19)10-14(21-2)11-18-15/h9-11H,3-8H2,1-2H3/p+1. The Labute approximate surface area is 125 Å². The molecule has 5 nitrogen and oxygen atoms in total. The number of piperidine rings is 1. The van der Waals surface area contributed by atoms with Crippen LogP contribution < -0.4 is 14.5 Å². The highest BCUT2D eigenvalue weighted by atomic mass is 16.5. The SMILES string of the molecule is COc1cnc2c(c1)[N+]1(CCNC(C)=O)CCCCC1=C2. The topological polar surface area (TPSA) is 51.2 Å². The third kappa shape index (κ3) is 2.42. The molecule has 1 saturated heterocycles. The summed E-state index contributed by atoms with van der Waals surface area (Å²) in [5, 5.41) is 2.93. The minimum Gasteiger partial charge on any atom is -0.495 e. The highest BCUT2D eigenvalue weighted by Crippen LogP contribution is 2.45. The predicted octanol–water partition coefficient (Wildman–Crippen LogP) is 2.07. The van der Waals surface area contributed by atoms with E-state index in [9.17, 15) is 4.79 Å². The summed E-state index contributed by atoms with van der Waals surface area (Å²) >= 11 is 0. The van der Waals surface area contributed by atoms with E-state index in [1.807, 2.05) is 0 Å². The second-order valence-electron chi connectivity index (χ2n) is 5.77. The third-order valence-electron chi connectivity index (χ3n) is 4.51. The van der Waals surface area contributed by atoms with Gasteiger partial charge in [0.15, 0.2) is 5.69 Å². The van der Waals surface area contributed by atoms with E-state index in [4.69, 9.17) is 4.74 Å². The molecule has 0 radical (unpaired) electrons. The molecule has 0 saturated carbocycles. The van der Waals surface area contributed by atoms with E-state index in [0.717, 1.165) is 35.4 Å². The minimum absolute atomic E-state index is 0.0268. The summed E-state index contributed by atoms with van der Waals surface area (Å²) in [5.74, 6) is 0.824. The molecule has 1 N–H and O–H groups in total. The number of allylic oxidation sites excluding steroid dienone is 1. The number of fused-ring (bicyclic) bond motifs is 3. The first-order valence-corrected chi connectivity index (χ1v) is 7.53. The third-order valence-corrected chi connectivity index (χ3v) is 4.51. The van der Waals surface area contributed by atoms with E-state index in [-0.39, 0.29) is 5.91 Å². The lowest BCUT2D eigenvalue weighted by atomic mass is 10.0. The molecule has 3 rings (SSSR count).